The fourth-order valence-corrected chi connectivity index (χ4v) is 1.67. The van der Waals surface area contributed by atoms with Gasteiger partial charge < -0.3 is 11.1 Å². The van der Waals surface area contributed by atoms with Crippen LogP contribution in [0.1, 0.15) is 0 Å². The molecule has 0 aliphatic rings. The fourth-order valence-electron chi connectivity index (χ4n) is 0.981. The second-order valence-electron chi connectivity index (χ2n) is 2.81. The number of anilines is 2. The van der Waals surface area contributed by atoms with Crippen LogP contribution in [-0.4, -0.2) is 21.7 Å². The topological polar surface area (TPSA) is 72.2 Å². The summed E-state index contributed by atoms with van der Waals surface area (Å²) in [5, 5.41) is 2.84. The molecule has 1 rings (SSSR count). The van der Waals surface area contributed by atoms with Crippen LogP contribution in [0.15, 0.2) is 23.1 Å². The van der Waals surface area contributed by atoms with Crippen LogP contribution in [0.25, 0.3) is 0 Å². The standard InChI is InChI=1S/C8H12N2O2S/c1-10-7-3-6(9)4-8(5-7)13(2,11)12/h3-5,10H,9H2,1-2H3. The van der Waals surface area contributed by atoms with Gasteiger partial charge in [0.25, 0.3) is 0 Å². The molecule has 0 radical (unpaired) electrons. The Bertz CT molecular complexity index is 412. The van der Waals surface area contributed by atoms with Gasteiger partial charge in [0.15, 0.2) is 9.84 Å². The van der Waals surface area contributed by atoms with Crippen molar-refractivity contribution >= 4 is 21.2 Å². The second kappa shape index (κ2) is 3.26. The third kappa shape index (κ3) is 2.35. The minimum absolute atomic E-state index is 0.233. The second-order valence-corrected chi connectivity index (χ2v) is 4.83. The van der Waals surface area contributed by atoms with Crippen LogP contribution in [0.2, 0.25) is 0 Å². The molecule has 0 spiro atoms. The van der Waals surface area contributed by atoms with Gasteiger partial charge in [0.1, 0.15) is 0 Å². The SMILES string of the molecule is CNc1cc(N)cc(S(C)(=O)=O)c1. The van der Waals surface area contributed by atoms with Gasteiger partial charge in [-0.1, -0.05) is 0 Å². The number of nitrogens with two attached hydrogens (primary N) is 1. The van der Waals surface area contributed by atoms with Crippen molar-refractivity contribution in [3.8, 4) is 0 Å². The molecular weight excluding hydrogens is 188 g/mol. The van der Waals surface area contributed by atoms with Crippen LogP contribution in [0.4, 0.5) is 11.4 Å². The van der Waals surface area contributed by atoms with Crippen LogP contribution in [0, 0.1) is 0 Å². The Balaban J connectivity index is 3.33. The lowest BCUT2D eigenvalue weighted by Gasteiger charge is -2.04. The van der Waals surface area contributed by atoms with Crippen molar-refractivity contribution in [1.29, 1.82) is 0 Å². The van der Waals surface area contributed by atoms with E-state index in [1.165, 1.54) is 6.07 Å². The normalized spacial score (nSPS) is 11.2. The van der Waals surface area contributed by atoms with Crippen molar-refractivity contribution in [1.82, 2.24) is 0 Å². The number of nitrogen functional groups attached to an aromatic ring is 1. The van der Waals surface area contributed by atoms with Crippen LogP contribution >= 0.6 is 0 Å². The number of sulfone groups is 1. The molecule has 0 amide bonds. The molecule has 1 aromatic rings. The Morgan fingerprint density at radius 2 is 1.92 bits per heavy atom. The van der Waals surface area contributed by atoms with Gasteiger partial charge in [0.2, 0.25) is 0 Å². The third-order valence-electron chi connectivity index (χ3n) is 1.65. The van der Waals surface area contributed by atoms with E-state index in [2.05, 4.69) is 5.32 Å². The van der Waals surface area contributed by atoms with E-state index in [1.807, 2.05) is 0 Å². The van der Waals surface area contributed by atoms with Gasteiger partial charge in [-0.2, -0.15) is 0 Å². The number of rotatable bonds is 2. The predicted octanol–water partition coefficient (Wildman–Crippen LogP) is 0.714. The van der Waals surface area contributed by atoms with E-state index in [4.69, 9.17) is 5.73 Å². The first-order valence-corrected chi connectivity index (χ1v) is 5.61. The van der Waals surface area contributed by atoms with Gasteiger partial charge in [-0.25, -0.2) is 8.42 Å². The highest BCUT2D eigenvalue weighted by Gasteiger charge is 2.08. The molecule has 0 saturated heterocycles. The molecule has 0 unspecified atom stereocenters. The molecule has 1 aromatic carbocycles. The molecule has 0 aromatic heterocycles. The number of nitrogens with one attached hydrogen (secondary N) is 1. The monoisotopic (exact) mass is 200 g/mol. The molecule has 3 N–H and O–H groups in total. The van der Waals surface area contributed by atoms with Crippen molar-refractivity contribution in [2.45, 2.75) is 4.90 Å². The van der Waals surface area contributed by atoms with E-state index in [-0.39, 0.29) is 4.90 Å². The van der Waals surface area contributed by atoms with E-state index in [1.54, 1.807) is 19.2 Å². The van der Waals surface area contributed by atoms with E-state index < -0.39 is 9.84 Å². The molecule has 72 valence electrons. The largest absolute Gasteiger partial charge is 0.399 e. The summed E-state index contributed by atoms with van der Waals surface area (Å²) in [6.07, 6.45) is 1.15. The summed E-state index contributed by atoms with van der Waals surface area (Å²) in [7, 11) is -1.47. The van der Waals surface area contributed by atoms with Crippen LogP contribution in [0.5, 0.6) is 0 Å². The Kier molecular flexibility index (Phi) is 2.47. The van der Waals surface area contributed by atoms with E-state index in [0.29, 0.717) is 11.4 Å². The van der Waals surface area contributed by atoms with Crippen LogP contribution < -0.4 is 11.1 Å². The summed E-state index contributed by atoms with van der Waals surface area (Å²) < 4.78 is 22.3. The summed E-state index contributed by atoms with van der Waals surface area (Å²) in [5.74, 6) is 0. The smallest absolute Gasteiger partial charge is 0.175 e. The first kappa shape index (κ1) is 9.85. The van der Waals surface area contributed by atoms with Gasteiger partial charge in [-0.3, -0.25) is 0 Å². The van der Waals surface area contributed by atoms with Crippen molar-refractivity contribution in [3.05, 3.63) is 18.2 Å². The molecule has 0 atom stereocenters. The molecule has 0 heterocycles. The number of hydrogen-bond acceptors (Lipinski definition) is 4. The maximum atomic E-state index is 11.2. The zero-order valence-corrected chi connectivity index (χ0v) is 8.35. The average Bonchev–Trinajstić information content (AvgIpc) is 2.01. The first-order valence-electron chi connectivity index (χ1n) is 3.72. The summed E-state index contributed by atoms with van der Waals surface area (Å²) in [6, 6.07) is 4.66. The molecule has 0 fully saturated rings. The summed E-state index contributed by atoms with van der Waals surface area (Å²) in [5.41, 5.74) is 6.66. The quantitative estimate of drug-likeness (QED) is 0.690. The molecule has 5 heteroatoms. The number of hydrogen-bond donors (Lipinski definition) is 2. The van der Waals surface area contributed by atoms with Gasteiger partial charge >= 0.3 is 0 Å². The average molecular weight is 200 g/mol. The molecule has 0 saturated carbocycles. The van der Waals surface area contributed by atoms with Crippen LogP contribution in [0.3, 0.4) is 0 Å². The highest BCUT2D eigenvalue weighted by atomic mass is 32.2. The zero-order valence-electron chi connectivity index (χ0n) is 7.53. The maximum absolute atomic E-state index is 11.2. The van der Waals surface area contributed by atoms with Gasteiger partial charge in [0.05, 0.1) is 4.90 Å². The highest BCUT2D eigenvalue weighted by Crippen LogP contribution is 2.19. The maximum Gasteiger partial charge on any atom is 0.175 e. The molecule has 0 bridgehead atoms. The lowest BCUT2D eigenvalue weighted by molar-refractivity contribution is 0.602. The zero-order chi connectivity index (χ0) is 10.1. The lowest BCUT2D eigenvalue weighted by Crippen LogP contribution is -2.00. The fraction of sp³-hybridized carbons (Fsp3) is 0.250. The minimum atomic E-state index is -3.18. The van der Waals surface area contributed by atoms with Gasteiger partial charge in [-0.05, 0) is 18.2 Å². The molecule has 13 heavy (non-hydrogen) atoms. The van der Waals surface area contributed by atoms with Crippen molar-refractivity contribution < 1.29 is 8.42 Å². The third-order valence-corrected chi connectivity index (χ3v) is 2.74. The van der Waals surface area contributed by atoms with E-state index >= 15 is 0 Å². The molecular formula is C8H12N2O2S. The van der Waals surface area contributed by atoms with Gasteiger partial charge in [-0.15, -0.1) is 0 Å². The van der Waals surface area contributed by atoms with Crippen molar-refractivity contribution in [3.63, 3.8) is 0 Å². The molecule has 0 aliphatic heterocycles. The van der Waals surface area contributed by atoms with E-state index in [9.17, 15) is 8.42 Å². The molecule has 0 aliphatic carbocycles. The first-order chi connectivity index (χ1) is 5.93. The van der Waals surface area contributed by atoms with Crippen molar-refractivity contribution in [2.75, 3.05) is 24.4 Å². The van der Waals surface area contributed by atoms with E-state index in [0.717, 1.165) is 6.26 Å². The van der Waals surface area contributed by atoms with Crippen LogP contribution in [-0.2, 0) is 9.84 Å². The summed E-state index contributed by atoms with van der Waals surface area (Å²) >= 11 is 0. The Morgan fingerprint density at radius 3 is 2.38 bits per heavy atom. The molecule has 4 nitrogen and oxygen atoms in total. The Hall–Kier alpha value is -1.23. The minimum Gasteiger partial charge on any atom is -0.399 e. The summed E-state index contributed by atoms with van der Waals surface area (Å²) in [6.45, 7) is 0. The Morgan fingerprint density at radius 1 is 1.31 bits per heavy atom. The number of benzene rings is 1. The highest BCUT2D eigenvalue weighted by molar-refractivity contribution is 7.90. The summed E-state index contributed by atoms with van der Waals surface area (Å²) in [4.78, 5) is 0.233. The lowest BCUT2D eigenvalue weighted by atomic mass is 10.3. The van der Waals surface area contributed by atoms with Gasteiger partial charge in [0, 0.05) is 24.7 Å². The van der Waals surface area contributed by atoms with Crippen molar-refractivity contribution in [2.24, 2.45) is 0 Å². The Labute approximate surface area is 77.7 Å². The predicted molar refractivity (Wildman–Crippen MR) is 53.5 cm³/mol.